The van der Waals surface area contributed by atoms with Crippen LogP contribution < -0.4 is 5.32 Å². The van der Waals surface area contributed by atoms with Gasteiger partial charge in [0.1, 0.15) is 5.60 Å². The number of halogens is 1. The lowest BCUT2D eigenvalue weighted by atomic mass is 10.00. The molecule has 154 valence electrons. The van der Waals surface area contributed by atoms with Crippen LogP contribution in [0.2, 0.25) is 0 Å². The summed E-state index contributed by atoms with van der Waals surface area (Å²) in [6, 6.07) is 5.77. The summed E-state index contributed by atoms with van der Waals surface area (Å²) in [6.45, 7) is 6.76. The van der Waals surface area contributed by atoms with E-state index in [0.29, 0.717) is 18.7 Å². The molecule has 8 heteroatoms. The Morgan fingerprint density at radius 3 is 2.46 bits per heavy atom. The third-order valence-corrected chi connectivity index (χ3v) is 5.49. The van der Waals surface area contributed by atoms with Crippen molar-refractivity contribution in [3.63, 3.8) is 0 Å². The van der Waals surface area contributed by atoms with Crippen molar-refractivity contribution >= 4 is 33.6 Å². The minimum Gasteiger partial charge on any atom is -0.444 e. The first-order valence-electron chi connectivity index (χ1n) is 9.60. The van der Waals surface area contributed by atoms with Gasteiger partial charge in [0.25, 0.3) is 5.91 Å². The Morgan fingerprint density at radius 1 is 1.25 bits per heavy atom. The fourth-order valence-electron chi connectivity index (χ4n) is 3.67. The summed E-state index contributed by atoms with van der Waals surface area (Å²) in [5.41, 5.74) is 1.00. The van der Waals surface area contributed by atoms with Gasteiger partial charge in [-0.1, -0.05) is 15.9 Å². The predicted molar refractivity (Wildman–Crippen MR) is 112 cm³/mol. The lowest BCUT2D eigenvalue weighted by Gasteiger charge is -2.47. The van der Waals surface area contributed by atoms with Gasteiger partial charge in [-0.2, -0.15) is 0 Å². The van der Waals surface area contributed by atoms with Crippen LogP contribution in [0.15, 0.2) is 22.7 Å². The molecule has 1 aromatic carbocycles. The highest BCUT2D eigenvalue weighted by molar-refractivity contribution is 9.10. The van der Waals surface area contributed by atoms with E-state index in [2.05, 4.69) is 21.2 Å². The molecule has 0 saturated carbocycles. The second-order valence-corrected chi connectivity index (χ2v) is 9.50. The van der Waals surface area contributed by atoms with Crippen molar-refractivity contribution in [3.8, 4) is 0 Å². The summed E-state index contributed by atoms with van der Waals surface area (Å²) in [6.07, 6.45) is 0.937. The molecule has 28 heavy (non-hydrogen) atoms. The summed E-state index contributed by atoms with van der Waals surface area (Å²) >= 11 is 3.46. The van der Waals surface area contributed by atoms with Gasteiger partial charge in [0, 0.05) is 29.3 Å². The van der Waals surface area contributed by atoms with Gasteiger partial charge < -0.3 is 19.9 Å². The zero-order chi connectivity index (χ0) is 20.6. The lowest BCUT2D eigenvalue weighted by Crippen LogP contribution is -2.61. The summed E-state index contributed by atoms with van der Waals surface area (Å²) < 4.78 is 6.36. The van der Waals surface area contributed by atoms with E-state index < -0.39 is 5.60 Å². The molecule has 2 heterocycles. The number of likely N-dealkylation sites (tertiary alicyclic amines) is 1. The van der Waals surface area contributed by atoms with Gasteiger partial charge in [-0.15, -0.1) is 0 Å². The van der Waals surface area contributed by atoms with Gasteiger partial charge in [0.2, 0.25) is 0 Å². The number of benzene rings is 1. The van der Waals surface area contributed by atoms with Crippen LogP contribution >= 0.6 is 15.9 Å². The van der Waals surface area contributed by atoms with E-state index in [0.717, 1.165) is 23.0 Å². The maximum atomic E-state index is 13.3. The number of fused-ring (bicyclic) bond motifs is 1. The second kappa shape index (κ2) is 7.91. The number of anilines is 1. The van der Waals surface area contributed by atoms with Crippen molar-refractivity contribution in [3.05, 3.63) is 28.2 Å². The van der Waals surface area contributed by atoms with E-state index in [9.17, 15) is 9.59 Å². The zero-order valence-electron chi connectivity index (χ0n) is 17.2. The molecule has 1 atom stereocenters. The number of hydrogen-bond donors (Lipinski definition) is 1. The van der Waals surface area contributed by atoms with Crippen molar-refractivity contribution in [2.75, 3.05) is 32.5 Å². The first-order chi connectivity index (χ1) is 13.1. The van der Waals surface area contributed by atoms with Crippen molar-refractivity contribution < 1.29 is 14.3 Å². The molecular weight excluding hydrogens is 424 g/mol. The maximum Gasteiger partial charge on any atom is 0.410 e. The van der Waals surface area contributed by atoms with Gasteiger partial charge in [-0.25, -0.2) is 4.79 Å². The van der Waals surface area contributed by atoms with E-state index >= 15 is 0 Å². The molecule has 2 aliphatic heterocycles. The van der Waals surface area contributed by atoms with Crippen LogP contribution in [0.4, 0.5) is 10.5 Å². The van der Waals surface area contributed by atoms with Crippen molar-refractivity contribution in [2.45, 2.75) is 51.5 Å². The van der Waals surface area contributed by atoms with Crippen molar-refractivity contribution in [2.24, 2.45) is 0 Å². The Morgan fingerprint density at radius 2 is 1.89 bits per heavy atom. The van der Waals surface area contributed by atoms with Crippen LogP contribution in [0, 0.1) is 0 Å². The minimum absolute atomic E-state index is 0.0180. The molecule has 1 aromatic rings. The van der Waals surface area contributed by atoms with Crippen molar-refractivity contribution in [1.29, 1.82) is 0 Å². The Labute approximate surface area is 175 Å². The topological polar surface area (TPSA) is 65.1 Å². The third kappa shape index (κ3) is 4.43. The van der Waals surface area contributed by atoms with Crippen LogP contribution in [-0.4, -0.2) is 71.8 Å². The van der Waals surface area contributed by atoms with Gasteiger partial charge in [-0.3, -0.25) is 9.69 Å². The molecule has 1 saturated heterocycles. The maximum absolute atomic E-state index is 13.3. The normalized spacial score (nSPS) is 20.8. The average molecular weight is 453 g/mol. The highest BCUT2D eigenvalue weighted by Crippen LogP contribution is 2.32. The first-order valence-corrected chi connectivity index (χ1v) is 10.4. The highest BCUT2D eigenvalue weighted by atomic mass is 79.9. The molecular formula is C20H29BrN4O3. The fourth-order valence-corrected chi connectivity index (χ4v) is 4.04. The standard InChI is InChI=1S/C20H29BrN4O3/c1-20(2,3)28-19(27)24-10-8-14(9-11-24)25-17(26)15-12-13(21)6-7-16(15)22-18(25)23(4)5/h6-7,12,14,18,22H,8-11H2,1-5H3. The average Bonchev–Trinajstić information content (AvgIpc) is 2.60. The SMILES string of the molecule is CN(C)C1Nc2ccc(Br)cc2C(=O)N1C1CCN(C(=O)OC(C)(C)C)CC1. The van der Waals surface area contributed by atoms with Crippen LogP contribution in [0.1, 0.15) is 44.0 Å². The quantitative estimate of drug-likeness (QED) is 0.742. The smallest absolute Gasteiger partial charge is 0.410 e. The predicted octanol–water partition coefficient (Wildman–Crippen LogP) is 3.56. The number of hydrogen-bond acceptors (Lipinski definition) is 5. The number of carbonyl (C=O) groups excluding carboxylic acids is 2. The molecule has 2 amide bonds. The van der Waals surface area contributed by atoms with E-state index in [1.54, 1.807) is 4.90 Å². The lowest BCUT2D eigenvalue weighted by molar-refractivity contribution is 0.00283. The van der Waals surface area contributed by atoms with Gasteiger partial charge in [0.05, 0.1) is 5.56 Å². The molecule has 1 fully saturated rings. The Hall–Kier alpha value is -1.80. The molecule has 0 radical (unpaired) electrons. The molecule has 0 spiro atoms. The fraction of sp³-hybridized carbons (Fsp3) is 0.600. The first kappa shape index (κ1) is 20.9. The number of piperidine rings is 1. The number of rotatable bonds is 2. The van der Waals surface area contributed by atoms with Crippen LogP contribution in [0.3, 0.4) is 0 Å². The molecule has 0 aliphatic carbocycles. The van der Waals surface area contributed by atoms with E-state index in [-0.39, 0.29) is 24.3 Å². The molecule has 1 N–H and O–H groups in total. The molecule has 3 rings (SSSR count). The van der Waals surface area contributed by atoms with Crippen LogP contribution in [-0.2, 0) is 4.74 Å². The largest absolute Gasteiger partial charge is 0.444 e. The second-order valence-electron chi connectivity index (χ2n) is 8.58. The summed E-state index contributed by atoms with van der Waals surface area (Å²) in [5.74, 6) is 0.0180. The highest BCUT2D eigenvalue weighted by Gasteiger charge is 2.40. The number of nitrogens with one attached hydrogen (secondary N) is 1. The van der Waals surface area contributed by atoms with Gasteiger partial charge in [-0.05, 0) is 65.9 Å². The van der Waals surface area contributed by atoms with E-state index in [1.807, 2.05) is 62.9 Å². The number of carbonyl (C=O) groups is 2. The minimum atomic E-state index is -0.506. The third-order valence-electron chi connectivity index (χ3n) is 4.99. The zero-order valence-corrected chi connectivity index (χ0v) is 18.7. The summed E-state index contributed by atoms with van der Waals surface area (Å²) in [7, 11) is 3.91. The number of ether oxygens (including phenoxy) is 1. The Balaban J connectivity index is 1.75. The van der Waals surface area contributed by atoms with Crippen LogP contribution in [0.25, 0.3) is 0 Å². The van der Waals surface area contributed by atoms with Crippen molar-refractivity contribution in [1.82, 2.24) is 14.7 Å². The summed E-state index contributed by atoms with van der Waals surface area (Å²) in [5, 5.41) is 3.47. The Bertz CT molecular complexity index is 754. The number of amides is 2. The monoisotopic (exact) mass is 452 g/mol. The van der Waals surface area contributed by atoms with Gasteiger partial charge in [0.15, 0.2) is 6.29 Å². The van der Waals surface area contributed by atoms with Crippen LogP contribution in [0.5, 0.6) is 0 Å². The molecule has 0 aromatic heterocycles. The van der Waals surface area contributed by atoms with E-state index in [4.69, 9.17) is 4.74 Å². The molecule has 2 aliphatic rings. The Kier molecular flexibility index (Phi) is 5.91. The molecule has 1 unspecified atom stereocenters. The number of nitrogens with zero attached hydrogens (tertiary/aromatic N) is 3. The molecule has 0 bridgehead atoms. The summed E-state index contributed by atoms with van der Waals surface area (Å²) in [4.78, 5) is 31.3. The van der Waals surface area contributed by atoms with E-state index in [1.165, 1.54) is 0 Å². The van der Waals surface area contributed by atoms with Gasteiger partial charge >= 0.3 is 6.09 Å². The molecule has 7 nitrogen and oxygen atoms in total.